The molecule has 190 valence electrons. The molecule has 0 fully saturated rings. The molecule has 3 unspecified atom stereocenters. The summed E-state index contributed by atoms with van der Waals surface area (Å²) in [7, 11) is 3.21. The van der Waals surface area contributed by atoms with E-state index in [2.05, 4.69) is 20.9 Å². The number of nitrogens with zero attached hydrogens (tertiary/aromatic N) is 1. The quantitative estimate of drug-likeness (QED) is 0.0900. The summed E-state index contributed by atoms with van der Waals surface area (Å²) < 4.78 is 4.91. The van der Waals surface area contributed by atoms with E-state index in [0.717, 1.165) is 12.0 Å². The van der Waals surface area contributed by atoms with E-state index < -0.39 is 35.8 Å². The second-order valence-electron chi connectivity index (χ2n) is 7.61. The molecule has 3 atom stereocenters. The number of aliphatic carboxylic acids is 1. The van der Waals surface area contributed by atoms with Crippen LogP contribution in [-0.2, 0) is 23.9 Å². The zero-order valence-corrected chi connectivity index (χ0v) is 20.2. The predicted molar refractivity (Wildman–Crippen MR) is 130 cm³/mol. The third-order valence-corrected chi connectivity index (χ3v) is 4.50. The first kappa shape index (κ1) is 30.5. The Kier molecular flexibility index (Phi) is 16.2. The average molecular weight is 480 g/mol. The van der Waals surface area contributed by atoms with Gasteiger partial charge in [-0.2, -0.15) is 0 Å². The van der Waals surface area contributed by atoms with Crippen LogP contribution in [0.15, 0.2) is 41.1 Å². The van der Waals surface area contributed by atoms with Crippen LogP contribution in [-0.4, -0.2) is 74.9 Å². The number of nitrogens with one attached hydrogen (secondary N) is 3. The molecule has 0 rings (SSSR count). The van der Waals surface area contributed by atoms with E-state index in [9.17, 15) is 19.2 Å². The van der Waals surface area contributed by atoms with Crippen LogP contribution >= 0.6 is 0 Å². The molecule has 34 heavy (non-hydrogen) atoms. The molecule has 0 spiro atoms. The molecule has 0 aliphatic rings. The van der Waals surface area contributed by atoms with Gasteiger partial charge in [0.15, 0.2) is 0 Å². The number of esters is 1. The number of likely N-dealkylation sites (N-methyl/N-ethyl adjacent to an activating group) is 1. The van der Waals surface area contributed by atoms with E-state index in [-0.39, 0.29) is 25.6 Å². The molecule has 11 heteroatoms. The van der Waals surface area contributed by atoms with Gasteiger partial charge in [-0.1, -0.05) is 32.1 Å². The third-order valence-electron chi connectivity index (χ3n) is 4.50. The van der Waals surface area contributed by atoms with Crippen LogP contribution < -0.4 is 21.7 Å². The Morgan fingerprint density at radius 2 is 1.82 bits per heavy atom. The number of amides is 2. The van der Waals surface area contributed by atoms with E-state index in [0.29, 0.717) is 6.42 Å². The van der Waals surface area contributed by atoms with Crippen molar-refractivity contribution in [2.24, 2.45) is 22.6 Å². The Morgan fingerprint density at radius 1 is 1.12 bits per heavy atom. The molecule has 0 saturated carbocycles. The van der Waals surface area contributed by atoms with Gasteiger partial charge in [-0.05, 0) is 31.9 Å². The number of carboxylic acid groups (broad SMARTS) is 1. The fraction of sp³-hybridized carbons (Fsp3) is 0.522. The summed E-state index contributed by atoms with van der Waals surface area (Å²) >= 11 is 0. The lowest BCUT2D eigenvalue weighted by atomic mass is 10.0. The van der Waals surface area contributed by atoms with Gasteiger partial charge in [0.2, 0.25) is 17.9 Å². The van der Waals surface area contributed by atoms with Crippen LogP contribution in [0, 0.1) is 11.8 Å². The maximum Gasteiger partial charge on any atom is 0.346 e. The summed E-state index contributed by atoms with van der Waals surface area (Å²) in [6, 6.07) is 0. The third kappa shape index (κ3) is 14.6. The molecular formula is C23H37N5O6. The second kappa shape index (κ2) is 18.0. The molecule has 0 aliphatic carbocycles. The van der Waals surface area contributed by atoms with Crippen LogP contribution in [0.2, 0.25) is 0 Å². The number of nitrogens with two attached hydrogens (primary N) is 1. The van der Waals surface area contributed by atoms with Gasteiger partial charge in [0.25, 0.3) is 0 Å². The molecule has 0 saturated heterocycles. The van der Waals surface area contributed by atoms with Crippen molar-refractivity contribution < 1.29 is 29.0 Å². The number of carbonyl (C=O) groups is 4. The number of carbonyl (C=O) groups excluding carboxylic acids is 3. The first-order valence-electron chi connectivity index (χ1n) is 11.0. The van der Waals surface area contributed by atoms with Gasteiger partial charge in [-0.25, -0.2) is 4.79 Å². The van der Waals surface area contributed by atoms with Crippen LogP contribution in [0.3, 0.4) is 0 Å². The summed E-state index contributed by atoms with van der Waals surface area (Å²) in [6.45, 7) is 3.21. The highest BCUT2D eigenvalue weighted by atomic mass is 16.6. The smallest absolute Gasteiger partial charge is 0.346 e. The highest BCUT2D eigenvalue weighted by Gasteiger charge is 2.24. The zero-order chi connectivity index (χ0) is 25.9. The summed E-state index contributed by atoms with van der Waals surface area (Å²) in [5.41, 5.74) is 6.32. The Balaban J connectivity index is 4.23. The molecule has 11 nitrogen and oxygen atoms in total. The first-order chi connectivity index (χ1) is 16.1. The summed E-state index contributed by atoms with van der Waals surface area (Å²) in [5.74, 6) is -3.37. The van der Waals surface area contributed by atoms with Crippen molar-refractivity contribution in [1.82, 2.24) is 16.0 Å². The van der Waals surface area contributed by atoms with E-state index >= 15 is 0 Å². The molecular weight excluding hydrogens is 442 g/mol. The number of rotatable bonds is 16. The van der Waals surface area contributed by atoms with Crippen molar-refractivity contribution in [1.29, 1.82) is 0 Å². The monoisotopic (exact) mass is 479 g/mol. The fourth-order valence-electron chi connectivity index (χ4n) is 2.47. The van der Waals surface area contributed by atoms with Crippen LogP contribution in [0.25, 0.3) is 0 Å². The zero-order valence-electron chi connectivity index (χ0n) is 20.2. The van der Waals surface area contributed by atoms with Gasteiger partial charge in [-0.15, -0.1) is 0 Å². The van der Waals surface area contributed by atoms with Gasteiger partial charge >= 0.3 is 11.9 Å². The first-order valence-corrected chi connectivity index (χ1v) is 11.0. The highest BCUT2D eigenvalue weighted by molar-refractivity contribution is 5.91. The Labute approximate surface area is 200 Å². The van der Waals surface area contributed by atoms with Crippen molar-refractivity contribution in [3.8, 4) is 0 Å². The van der Waals surface area contributed by atoms with E-state index in [1.165, 1.54) is 26.2 Å². The minimum Gasteiger partial charge on any atom is -0.478 e. The van der Waals surface area contributed by atoms with Gasteiger partial charge in [0.05, 0.1) is 12.5 Å². The normalized spacial score (nSPS) is 14.8. The minimum atomic E-state index is -1.31. The largest absolute Gasteiger partial charge is 0.478 e. The molecule has 0 radical (unpaired) electrons. The predicted octanol–water partition coefficient (Wildman–Crippen LogP) is 0.143. The summed E-state index contributed by atoms with van der Waals surface area (Å²) in [6.07, 6.45) is 10.3. The lowest BCUT2D eigenvalue weighted by Crippen LogP contribution is -2.41. The number of hydrogen-bond donors (Lipinski definition) is 5. The molecule has 2 amide bonds. The number of carboxylic acids is 1. The molecule has 0 heterocycles. The minimum absolute atomic E-state index is 0.0316. The van der Waals surface area contributed by atoms with Crippen LogP contribution in [0.5, 0.6) is 0 Å². The van der Waals surface area contributed by atoms with Gasteiger partial charge in [0.1, 0.15) is 0 Å². The number of allylic oxidation sites excluding steroid dienone is 4. The average Bonchev–Trinajstić information content (AvgIpc) is 2.80. The number of aliphatic imine (C=N–C) groups is 1. The van der Waals surface area contributed by atoms with Crippen LogP contribution in [0.4, 0.5) is 0 Å². The van der Waals surface area contributed by atoms with Gasteiger partial charge in [-0.3, -0.25) is 19.4 Å². The molecule has 0 aliphatic heterocycles. The van der Waals surface area contributed by atoms with Gasteiger partial charge in [0, 0.05) is 38.1 Å². The molecule has 6 N–H and O–H groups in total. The van der Waals surface area contributed by atoms with E-state index in [1.807, 2.05) is 19.1 Å². The van der Waals surface area contributed by atoms with Crippen molar-refractivity contribution in [3.63, 3.8) is 0 Å². The molecule has 0 bridgehead atoms. The van der Waals surface area contributed by atoms with Crippen molar-refractivity contribution in [3.05, 3.63) is 36.1 Å². The molecule has 0 aromatic rings. The fourth-order valence-corrected chi connectivity index (χ4v) is 2.47. The van der Waals surface area contributed by atoms with Crippen molar-refractivity contribution in [2.45, 2.75) is 32.8 Å². The number of hydrogen-bond acceptors (Lipinski definition) is 8. The maximum absolute atomic E-state index is 12.0. The lowest BCUT2D eigenvalue weighted by molar-refractivity contribution is -0.166. The van der Waals surface area contributed by atoms with E-state index in [1.54, 1.807) is 19.3 Å². The number of ether oxygens (including phenoxy) is 1. The Bertz CT molecular complexity index is 791. The van der Waals surface area contributed by atoms with Crippen molar-refractivity contribution >= 4 is 30.0 Å². The van der Waals surface area contributed by atoms with Crippen LogP contribution in [0.1, 0.15) is 26.7 Å². The topological polar surface area (TPSA) is 172 Å². The Hall–Kier alpha value is -3.47. The maximum atomic E-state index is 12.0. The standard InChI is InChI=1S/C23H37N5O6/c1-16(9-10-18(11-24)13-25-3)7-5-6-8-20(29)28-15-21(30)27-12-17(2)23(33)34-19(14-26-4)22(31)32/h6,8-11,13,16-17,19,26H,5,7,12,14-15,24H2,1-4H3,(H,27,30)(H,28,29)(H,31,32)/b8-6+,10-9+,18-11-,25-13?. The molecule has 0 aromatic carbocycles. The summed E-state index contributed by atoms with van der Waals surface area (Å²) in [5, 5.41) is 16.6. The SMILES string of the molecule is CN=CC(=C\N)/C=C/C(C)CC/C=C/C(=O)NCC(=O)NCC(C)C(=O)OC(CNC)C(=O)O. The van der Waals surface area contributed by atoms with E-state index in [4.69, 9.17) is 15.6 Å². The van der Waals surface area contributed by atoms with Crippen molar-refractivity contribution in [2.75, 3.05) is 33.7 Å². The lowest BCUT2D eigenvalue weighted by Gasteiger charge is -2.17. The van der Waals surface area contributed by atoms with Gasteiger partial charge < -0.3 is 31.5 Å². The highest BCUT2D eigenvalue weighted by Crippen LogP contribution is 2.09. The summed E-state index contributed by atoms with van der Waals surface area (Å²) in [4.78, 5) is 50.6. The second-order valence-corrected chi connectivity index (χ2v) is 7.61. The Morgan fingerprint density at radius 3 is 2.41 bits per heavy atom. The molecule has 0 aromatic heterocycles.